The summed E-state index contributed by atoms with van der Waals surface area (Å²) in [7, 11) is 0. The largest absolute Gasteiger partial charge is 0.459 e. The Kier molecular flexibility index (Phi) is 7.71. The molecule has 0 aliphatic rings. The van der Waals surface area contributed by atoms with Crippen molar-refractivity contribution in [1.29, 1.82) is 0 Å². The molecule has 0 bridgehead atoms. The van der Waals surface area contributed by atoms with E-state index in [1.807, 2.05) is 32.0 Å². The molecule has 0 spiro atoms. The highest BCUT2D eigenvalue weighted by molar-refractivity contribution is 6.09. The summed E-state index contributed by atoms with van der Waals surface area (Å²) in [4.78, 5) is 35.8. The van der Waals surface area contributed by atoms with Gasteiger partial charge in [0.25, 0.3) is 0 Å². The molecule has 2 aromatic carbocycles. The lowest BCUT2D eigenvalue weighted by Gasteiger charge is -2.30. The minimum atomic E-state index is -0.788. The zero-order valence-electron chi connectivity index (χ0n) is 17.9. The van der Waals surface area contributed by atoms with Gasteiger partial charge in [-0.1, -0.05) is 55.8 Å². The Morgan fingerprint density at radius 3 is 1.86 bits per heavy atom. The van der Waals surface area contributed by atoms with E-state index in [9.17, 15) is 9.59 Å². The maximum Gasteiger partial charge on any atom is 0.338 e. The molecule has 0 unspecified atom stereocenters. The third-order valence-electron chi connectivity index (χ3n) is 4.31. The minimum Gasteiger partial charge on any atom is -0.459 e. The van der Waals surface area contributed by atoms with Crippen LogP contribution in [0.1, 0.15) is 73.7 Å². The second-order valence-electron chi connectivity index (χ2n) is 8.28. The molecule has 0 aliphatic carbocycles. The van der Waals surface area contributed by atoms with Crippen LogP contribution in [0.25, 0.3) is 0 Å². The first-order chi connectivity index (χ1) is 13.6. The van der Waals surface area contributed by atoms with Gasteiger partial charge in [0.05, 0.1) is 11.2 Å². The molecule has 0 atom stereocenters. The van der Waals surface area contributed by atoms with Gasteiger partial charge < -0.3 is 4.74 Å². The number of ether oxygens (including phenoxy) is 1. The number of hydrogen-bond donors (Lipinski definition) is 0. The molecular weight excluding hydrogens is 368 g/mol. The van der Waals surface area contributed by atoms with Crippen LogP contribution in [0.5, 0.6) is 0 Å². The first-order valence-electron chi connectivity index (χ1n) is 9.87. The Balaban J connectivity index is 1.91. The van der Waals surface area contributed by atoms with Gasteiger partial charge in [-0.25, -0.2) is 14.6 Å². The Morgan fingerprint density at radius 2 is 1.28 bits per heavy atom. The van der Waals surface area contributed by atoms with E-state index in [0.29, 0.717) is 16.7 Å². The fraction of sp³-hybridized carbons (Fsp3) is 0.417. The smallest absolute Gasteiger partial charge is 0.338 e. The van der Waals surface area contributed by atoms with Gasteiger partial charge in [0.2, 0.25) is 0 Å². The lowest BCUT2D eigenvalue weighted by atomic mass is 10.0. The van der Waals surface area contributed by atoms with E-state index in [1.165, 1.54) is 0 Å². The van der Waals surface area contributed by atoms with Crippen molar-refractivity contribution >= 4 is 11.8 Å². The number of rotatable bonds is 10. The van der Waals surface area contributed by atoms with Crippen molar-refractivity contribution in [1.82, 2.24) is 0 Å². The topological polar surface area (TPSA) is 61.8 Å². The summed E-state index contributed by atoms with van der Waals surface area (Å²) >= 11 is 0. The summed E-state index contributed by atoms with van der Waals surface area (Å²) in [5.41, 5.74) is 0.300. The second-order valence-corrected chi connectivity index (χ2v) is 8.28. The summed E-state index contributed by atoms with van der Waals surface area (Å²) in [5.74, 6) is -0.569. The van der Waals surface area contributed by atoms with Gasteiger partial charge in [-0.15, -0.1) is 0 Å². The predicted molar refractivity (Wildman–Crippen MR) is 112 cm³/mol. The molecular formula is C24H30O5. The van der Waals surface area contributed by atoms with Crippen molar-refractivity contribution in [2.75, 3.05) is 6.61 Å². The average molecular weight is 398 g/mol. The van der Waals surface area contributed by atoms with Gasteiger partial charge in [0.15, 0.2) is 5.78 Å². The fourth-order valence-electron chi connectivity index (χ4n) is 2.73. The molecule has 2 rings (SSSR count). The molecule has 0 aliphatic heterocycles. The number of hydrogen-bond acceptors (Lipinski definition) is 5. The summed E-state index contributed by atoms with van der Waals surface area (Å²) in [6.07, 6.45) is 1.84. The van der Waals surface area contributed by atoms with Crippen LogP contribution in [0.15, 0.2) is 54.6 Å². The molecule has 0 radical (unpaired) electrons. The van der Waals surface area contributed by atoms with Crippen LogP contribution in [0, 0.1) is 0 Å². The molecule has 0 heterocycles. The van der Waals surface area contributed by atoms with E-state index in [4.69, 9.17) is 14.5 Å². The van der Waals surface area contributed by atoms with Crippen molar-refractivity contribution < 1.29 is 24.1 Å². The number of ketones is 1. The van der Waals surface area contributed by atoms with Crippen LogP contribution in [0.2, 0.25) is 0 Å². The Morgan fingerprint density at radius 1 is 0.759 bits per heavy atom. The third-order valence-corrected chi connectivity index (χ3v) is 4.31. The molecule has 0 amide bonds. The van der Waals surface area contributed by atoms with Crippen LogP contribution < -0.4 is 0 Å². The van der Waals surface area contributed by atoms with E-state index in [-0.39, 0.29) is 12.4 Å². The number of carbonyl (C=O) groups is 2. The van der Waals surface area contributed by atoms with E-state index >= 15 is 0 Å². The van der Waals surface area contributed by atoms with Crippen LogP contribution in [-0.2, 0) is 14.5 Å². The summed E-state index contributed by atoms with van der Waals surface area (Å²) in [6.45, 7) is 9.62. The quantitative estimate of drug-likeness (QED) is 0.233. The predicted octanol–water partition coefficient (Wildman–Crippen LogP) is 5.38. The fourth-order valence-corrected chi connectivity index (χ4v) is 2.73. The van der Waals surface area contributed by atoms with Gasteiger partial charge in [-0.3, -0.25) is 4.79 Å². The van der Waals surface area contributed by atoms with Crippen LogP contribution in [0.3, 0.4) is 0 Å². The summed E-state index contributed by atoms with van der Waals surface area (Å²) < 4.78 is 5.37. The number of benzene rings is 2. The highest BCUT2D eigenvalue weighted by atomic mass is 17.2. The molecule has 0 aromatic heterocycles. The lowest BCUT2D eigenvalue weighted by molar-refractivity contribution is -0.405. The van der Waals surface area contributed by atoms with E-state index in [2.05, 4.69) is 6.92 Å². The number of carbonyl (C=O) groups excluding carboxylic acids is 2. The monoisotopic (exact) mass is 398 g/mol. The van der Waals surface area contributed by atoms with Crippen molar-refractivity contribution in [2.24, 2.45) is 0 Å². The molecule has 156 valence electrons. The van der Waals surface area contributed by atoms with Gasteiger partial charge >= 0.3 is 5.97 Å². The van der Waals surface area contributed by atoms with Crippen LogP contribution >= 0.6 is 0 Å². The Bertz CT molecular complexity index is 807. The molecule has 0 fully saturated rings. The molecule has 2 aromatic rings. The van der Waals surface area contributed by atoms with Crippen molar-refractivity contribution in [2.45, 2.75) is 58.7 Å². The molecule has 5 heteroatoms. The van der Waals surface area contributed by atoms with E-state index < -0.39 is 17.2 Å². The third kappa shape index (κ3) is 7.11. The Hall–Kier alpha value is -2.50. The number of esters is 1. The zero-order chi connectivity index (χ0) is 21.5. The molecule has 0 saturated heterocycles. The maximum atomic E-state index is 12.4. The van der Waals surface area contributed by atoms with Gasteiger partial charge in [0, 0.05) is 11.1 Å². The highest BCUT2D eigenvalue weighted by Crippen LogP contribution is 2.21. The van der Waals surface area contributed by atoms with Gasteiger partial charge in [-0.05, 0) is 46.2 Å². The average Bonchev–Trinajstić information content (AvgIpc) is 2.71. The molecule has 29 heavy (non-hydrogen) atoms. The van der Waals surface area contributed by atoms with Crippen LogP contribution in [0.4, 0.5) is 0 Å². The Labute approximate surface area is 172 Å². The van der Waals surface area contributed by atoms with Crippen molar-refractivity contribution in [3.8, 4) is 0 Å². The standard InChI is InChI=1S/C24H30O5/c1-6-16-23(2,3)28-29-24(4,5)17-27-22(26)20-14-12-19(13-15-20)21(25)18-10-8-7-9-11-18/h7-15H,6,16-17H2,1-5H3. The van der Waals surface area contributed by atoms with E-state index in [1.54, 1.807) is 50.2 Å². The summed E-state index contributed by atoms with van der Waals surface area (Å²) in [6, 6.07) is 15.4. The molecule has 5 nitrogen and oxygen atoms in total. The lowest BCUT2D eigenvalue weighted by Crippen LogP contribution is -2.36. The first-order valence-corrected chi connectivity index (χ1v) is 9.87. The van der Waals surface area contributed by atoms with Crippen LogP contribution in [-0.4, -0.2) is 29.6 Å². The summed E-state index contributed by atoms with van der Waals surface area (Å²) in [5, 5.41) is 0. The van der Waals surface area contributed by atoms with E-state index in [0.717, 1.165) is 12.8 Å². The SMILES string of the molecule is CCCC(C)(C)OOC(C)(C)COC(=O)c1ccc(C(=O)c2ccccc2)cc1. The normalized spacial score (nSPS) is 11.9. The van der Waals surface area contributed by atoms with Gasteiger partial charge in [0.1, 0.15) is 12.2 Å². The highest BCUT2D eigenvalue weighted by Gasteiger charge is 2.28. The molecule has 0 saturated carbocycles. The maximum absolute atomic E-state index is 12.4. The van der Waals surface area contributed by atoms with Gasteiger partial charge in [-0.2, -0.15) is 0 Å². The first kappa shape index (κ1) is 22.8. The minimum absolute atomic E-state index is 0.0404. The molecule has 0 N–H and O–H groups in total. The zero-order valence-corrected chi connectivity index (χ0v) is 17.9. The van der Waals surface area contributed by atoms with Crippen molar-refractivity contribution in [3.63, 3.8) is 0 Å². The van der Waals surface area contributed by atoms with Crippen molar-refractivity contribution in [3.05, 3.63) is 71.3 Å². The second kappa shape index (κ2) is 9.81.